The number of benzene rings is 2. The zero-order valence-corrected chi connectivity index (χ0v) is 15.8. The van der Waals surface area contributed by atoms with E-state index in [1.165, 1.54) is 5.69 Å². The van der Waals surface area contributed by atoms with Gasteiger partial charge in [0.25, 0.3) is 0 Å². The summed E-state index contributed by atoms with van der Waals surface area (Å²) < 4.78 is 5.02. The second-order valence-electron chi connectivity index (χ2n) is 6.91. The van der Waals surface area contributed by atoms with Gasteiger partial charge in [0.1, 0.15) is 0 Å². The fraction of sp³-hybridized carbons (Fsp3) is 0.286. The number of hydrogen-bond donors (Lipinski definition) is 2. The van der Waals surface area contributed by atoms with Crippen LogP contribution in [0.1, 0.15) is 18.7 Å². The molecule has 0 saturated carbocycles. The van der Waals surface area contributed by atoms with Crippen LogP contribution in [0.15, 0.2) is 59.1 Å². The van der Waals surface area contributed by atoms with Crippen molar-refractivity contribution in [1.82, 2.24) is 15.5 Å². The Kier molecular flexibility index (Phi) is 5.23. The van der Waals surface area contributed by atoms with Crippen LogP contribution in [-0.2, 0) is 0 Å². The molecule has 0 unspecified atom stereocenters. The Labute approximate surface area is 163 Å². The second-order valence-corrected chi connectivity index (χ2v) is 6.91. The van der Waals surface area contributed by atoms with E-state index in [2.05, 4.69) is 49.9 Å². The minimum absolute atomic E-state index is 0.169. The molecule has 0 radical (unpaired) electrons. The van der Waals surface area contributed by atoms with E-state index < -0.39 is 0 Å². The van der Waals surface area contributed by atoms with Crippen LogP contribution < -0.4 is 15.5 Å². The molecule has 7 nitrogen and oxygen atoms in total. The summed E-state index contributed by atoms with van der Waals surface area (Å²) in [4.78, 5) is 19.0. The van der Waals surface area contributed by atoms with E-state index in [4.69, 9.17) is 4.52 Å². The maximum absolute atomic E-state index is 12.4. The van der Waals surface area contributed by atoms with Crippen molar-refractivity contribution in [2.24, 2.45) is 0 Å². The van der Waals surface area contributed by atoms with Crippen LogP contribution in [0.3, 0.4) is 0 Å². The summed E-state index contributed by atoms with van der Waals surface area (Å²) in [5.41, 5.74) is 2.73. The molecule has 7 heteroatoms. The van der Waals surface area contributed by atoms with Gasteiger partial charge in [0.15, 0.2) is 0 Å². The fourth-order valence-electron chi connectivity index (χ4n) is 3.43. The van der Waals surface area contributed by atoms with Crippen molar-refractivity contribution < 1.29 is 9.32 Å². The average molecular weight is 377 g/mol. The first-order valence-electron chi connectivity index (χ1n) is 9.45. The molecule has 1 saturated heterocycles. The summed E-state index contributed by atoms with van der Waals surface area (Å²) in [6.45, 7) is 3.61. The van der Waals surface area contributed by atoms with Crippen molar-refractivity contribution in [2.45, 2.75) is 25.8 Å². The van der Waals surface area contributed by atoms with E-state index in [0.29, 0.717) is 17.4 Å². The molecular weight excluding hydrogens is 354 g/mol. The second kappa shape index (κ2) is 8.12. The third-order valence-corrected chi connectivity index (χ3v) is 4.86. The zero-order valence-electron chi connectivity index (χ0n) is 15.8. The lowest BCUT2D eigenvalue weighted by Gasteiger charge is -2.33. The zero-order chi connectivity index (χ0) is 19.3. The first-order valence-corrected chi connectivity index (χ1v) is 9.45. The number of nitrogens with one attached hydrogen (secondary N) is 2. The predicted octanol–water partition coefficient (Wildman–Crippen LogP) is 3.84. The van der Waals surface area contributed by atoms with Crippen molar-refractivity contribution in [1.29, 1.82) is 0 Å². The van der Waals surface area contributed by atoms with Crippen molar-refractivity contribution in [3.8, 4) is 11.4 Å². The number of hydrogen-bond acceptors (Lipinski definition) is 5. The average Bonchev–Trinajstić information content (AvgIpc) is 3.16. The summed E-state index contributed by atoms with van der Waals surface area (Å²) in [5.74, 6) is 1.02. The number of rotatable bonds is 4. The number of carbonyl (C=O) groups excluding carboxylic acids is 1. The minimum atomic E-state index is -0.195. The van der Waals surface area contributed by atoms with Gasteiger partial charge in [-0.25, -0.2) is 4.79 Å². The number of amides is 2. The molecule has 2 N–H and O–H groups in total. The van der Waals surface area contributed by atoms with Gasteiger partial charge in [-0.3, -0.25) is 0 Å². The molecular formula is C21H23N5O2. The number of nitrogens with zero attached hydrogens (tertiary/aromatic N) is 3. The Morgan fingerprint density at radius 3 is 2.61 bits per heavy atom. The molecule has 0 bridgehead atoms. The third-order valence-electron chi connectivity index (χ3n) is 4.86. The van der Waals surface area contributed by atoms with E-state index in [-0.39, 0.29) is 12.1 Å². The molecule has 144 valence electrons. The van der Waals surface area contributed by atoms with Gasteiger partial charge >= 0.3 is 6.03 Å². The normalized spacial score (nSPS) is 14.7. The minimum Gasteiger partial charge on any atom is -0.371 e. The fourth-order valence-corrected chi connectivity index (χ4v) is 3.43. The number of carbonyl (C=O) groups is 1. The van der Waals surface area contributed by atoms with Crippen LogP contribution in [0.25, 0.3) is 11.4 Å². The van der Waals surface area contributed by atoms with Crippen LogP contribution in [0.2, 0.25) is 0 Å². The van der Waals surface area contributed by atoms with Gasteiger partial charge in [0.2, 0.25) is 11.7 Å². The van der Waals surface area contributed by atoms with Gasteiger partial charge in [-0.2, -0.15) is 4.98 Å². The Morgan fingerprint density at radius 1 is 1.11 bits per heavy atom. The quantitative estimate of drug-likeness (QED) is 0.722. The highest BCUT2D eigenvalue weighted by atomic mass is 16.5. The summed E-state index contributed by atoms with van der Waals surface area (Å²) in [6.07, 6.45) is 1.84. The number of aromatic nitrogens is 2. The molecule has 0 aliphatic carbocycles. The highest BCUT2D eigenvalue weighted by Crippen LogP contribution is 2.21. The molecule has 2 heterocycles. The molecule has 3 aromatic rings. The van der Waals surface area contributed by atoms with E-state index in [1.807, 2.05) is 30.3 Å². The third kappa shape index (κ3) is 4.31. The molecule has 2 amide bonds. The summed E-state index contributed by atoms with van der Waals surface area (Å²) in [7, 11) is 0. The number of aryl methyl sites for hydroxylation is 1. The number of urea groups is 1. The first kappa shape index (κ1) is 18.0. The van der Waals surface area contributed by atoms with E-state index in [0.717, 1.165) is 31.5 Å². The molecule has 2 aromatic carbocycles. The SMILES string of the molecule is Cc1nc(-c2cccc(NC(=O)NC3CCN(c4ccccc4)CC3)c2)no1. The molecule has 1 fully saturated rings. The molecule has 1 aromatic heterocycles. The van der Waals surface area contributed by atoms with Gasteiger partial charge in [-0.05, 0) is 37.1 Å². The Morgan fingerprint density at radius 2 is 1.89 bits per heavy atom. The van der Waals surface area contributed by atoms with Crippen LogP contribution in [-0.4, -0.2) is 35.3 Å². The molecule has 0 atom stereocenters. The smallest absolute Gasteiger partial charge is 0.319 e. The maximum Gasteiger partial charge on any atom is 0.319 e. The van der Waals surface area contributed by atoms with Crippen LogP contribution >= 0.6 is 0 Å². The van der Waals surface area contributed by atoms with Gasteiger partial charge in [0, 0.05) is 43.0 Å². The topological polar surface area (TPSA) is 83.3 Å². The van der Waals surface area contributed by atoms with Gasteiger partial charge in [-0.15, -0.1) is 0 Å². The summed E-state index contributed by atoms with van der Waals surface area (Å²) >= 11 is 0. The van der Waals surface area contributed by atoms with Gasteiger partial charge in [-0.1, -0.05) is 35.5 Å². The monoisotopic (exact) mass is 377 g/mol. The summed E-state index contributed by atoms with van der Waals surface area (Å²) in [5, 5.41) is 9.89. The molecule has 0 spiro atoms. The predicted molar refractivity (Wildman–Crippen MR) is 108 cm³/mol. The van der Waals surface area contributed by atoms with E-state index in [9.17, 15) is 4.79 Å². The van der Waals surface area contributed by atoms with Crippen LogP contribution in [0, 0.1) is 6.92 Å². The molecule has 28 heavy (non-hydrogen) atoms. The Bertz CT molecular complexity index is 933. The highest BCUT2D eigenvalue weighted by Gasteiger charge is 2.21. The Hall–Kier alpha value is -3.35. The van der Waals surface area contributed by atoms with Crippen molar-refractivity contribution in [3.63, 3.8) is 0 Å². The largest absolute Gasteiger partial charge is 0.371 e. The highest BCUT2D eigenvalue weighted by molar-refractivity contribution is 5.90. The molecule has 1 aliphatic rings. The Balaban J connectivity index is 1.30. The lowest BCUT2D eigenvalue weighted by atomic mass is 10.0. The van der Waals surface area contributed by atoms with Crippen molar-refractivity contribution in [2.75, 3.05) is 23.3 Å². The van der Waals surface area contributed by atoms with Crippen LogP contribution in [0.5, 0.6) is 0 Å². The lowest BCUT2D eigenvalue weighted by molar-refractivity contribution is 0.246. The number of piperidine rings is 1. The van der Waals surface area contributed by atoms with Gasteiger partial charge < -0.3 is 20.1 Å². The van der Waals surface area contributed by atoms with E-state index in [1.54, 1.807) is 6.92 Å². The van der Waals surface area contributed by atoms with Crippen molar-refractivity contribution >= 4 is 17.4 Å². The standard InChI is InChI=1S/C21H23N5O2/c1-15-22-20(25-28-15)16-6-5-7-18(14-16)24-21(27)23-17-10-12-26(13-11-17)19-8-3-2-4-9-19/h2-9,14,17H,10-13H2,1H3,(H2,23,24,27). The van der Waals surface area contributed by atoms with Crippen molar-refractivity contribution in [3.05, 3.63) is 60.5 Å². The lowest BCUT2D eigenvalue weighted by Crippen LogP contribution is -2.46. The maximum atomic E-state index is 12.4. The van der Waals surface area contributed by atoms with E-state index >= 15 is 0 Å². The van der Waals surface area contributed by atoms with Crippen LogP contribution in [0.4, 0.5) is 16.2 Å². The number of para-hydroxylation sites is 1. The molecule has 1 aliphatic heterocycles. The summed E-state index contributed by atoms with van der Waals surface area (Å²) in [6, 6.07) is 17.8. The number of anilines is 2. The molecule has 4 rings (SSSR count). The van der Waals surface area contributed by atoms with Gasteiger partial charge in [0.05, 0.1) is 0 Å². The first-order chi connectivity index (χ1) is 13.7.